The summed E-state index contributed by atoms with van der Waals surface area (Å²) in [5.41, 5.74) is 6.92. The summed E-state index contributed by atoms with van der Waals surface area (Å²) < 4.78 is 1.80. The van der Waals surface area contributed by atoms with Gasteiger partial charge in [-0.1, -0.05) is 13.8 Å². The summed E-state index contributed by atoms with van der Waals surface area (Å²) in [5, 5.41) is 20.7. The lowest BCUT2D eigenvalue weighted by Crippen LogP contribution is -2.30. The predicted molar refractivity (Wildman–Crippen MR) is 86.5 cm³/mol. The Labute approximate surface area is 133 Å². The van der Waals surface area contributed by atoms with E-state index in [4.69, 9.17) is 5.73 Å². The number of imidazole rings is 1. The summed E-state index contributed by atoms with van der Waals surface area (Å²) in [4.78, 5) is 12.4. The molecule has 7 nitrogen and oxygen atoms in total. The van der Waals surface area contributed by atoms with Crippen molar-refractivity contribution < 1.29 is 10.2 Å². The molecule has 4 N–H and O–H groups in total. The number of nitrogens with zero attached hydrogens (tertiary/aromatic N) is 4. The molecule has 0 bridgehead atoms. The number of anilines is 1. The van der Waals surface area contributed by atoms with Gasteiger partial charge >= 0.3 is 0 Å². The van der Waals surface area contributed by atoms with E-state index in [9.17, 15) is 10.2 Å². The molecule has 0 aromatic carbocycles. The number of aromatic nitrogens is 4. The largest absolute Gasteiger partial charge is 0.389 e. The summed E-state index contributed by atoms with van der Waals surface area (Å²) in [6.07, 6.45) is 2.10. The van der Waals surface area contributed by atoms with Crippen LogP contribution >= 0.6 is 11.8 Å². The molecule has 2 aromatic rings. The highest BCUT2D eigenvalue weighted by Gasteiger charge is 2.43. The van der Waals surface area contributed by atoms with Crippen LogP contribution in [0, 0.1) is 5.92 Å². The Morgan fingerprint density at radius 3 is 2.82 bits per heavy atom. The zero-order valence-electron chi connectivity index (χ0n) is 12.6. The molecule has 0 amide bonds. The van der Waals surface area contributed by atoms with Gasteiger partial charge in [0.1, 0.15) is 17.9 Å². The Morgan fingerprint density at radius 2 is 2.09 bits per heavy atom. The lowest BCUT2D eigenvalue weighted by molar-refractivity contribution is 0.0259. The van der Waals surface area contributed by atoms with Crippen LogP contribution in [0.1, 0.15) is 26.3 Å². The minimum absolute atomic E-state index is 0.0130. The third-order valence-electron chi connectivity index (χ3n) is 3.99. The van der Waals surface area contributed by atoms with Gasteiger partial charge in [-0.15, -0.1) is 0 Å². The van der Waals surface area contributed by atoms with E-state index in [0.717, 1.165) is 5.75 Å². The Morgan fingerprint density at radius 1 is 1.32 bits per heavy atom. The van der Waals surface area contributed by atoms with Gasteiger partial charge in [0.15, 0.2) is 11.5 Å². The minimum atomic E-state index is -0.835. The average Bonchev–Trinajstić information content (AvgIpc) is 3.01. The van der Waals surface area contributed by atoms with Crippen molar-refractivity contribution in [2.75, 3.05) is 11.5 Å². The van der Waals surface area contributed by atoms with Crippen LogP contribution in [0.4, 0.5) is 5.82 Å². The molecule has 2 heterocycles. The maximum atomic E-state index is 10.4. The molecule has 0 saturated heterocycles. The first-order chi connectivity index (χ1) is 10.5. The fourth-order valence-corrected chi connectivity index (χ4v) is 4.16. The van der Waals surface area contributed by atoms with E-state index in [1.54, 1.807) is 22.7 Å². The second-order valence-electron chi connectivity index (χ2n) is 6.13. The third kappa shape index (κ3) is 2.66. The quantitative estimate of drug-likeness (QED) is 0.764. The van der Waals surface area contributed by atoms with E-state index < -0.39 is 12.2 Å². The number of hydrogen-bond acceptors (Lipinski definition) is 7. The number of fused-ring (bicyclic) bond motifs is 1. The molecule has 3 rings (SSSR count). The molecule has 1 fully saturated rings. The Kier molecular flexibility index (Phi) is 4.24. The zero-order chi connectivity index (χ0) is 15.9. The van der Waals surface area contributed by atoms with E-state index in [2.05, 4.69) is 28.8 Å². The molecule has 0 radical (unpaired) electrons. The number of thioether (sulfide) groups is 1. The minimum Gasteiger partial charge on any atom is -0.389 e. The fraction of sp³-hybridized carbons (Fsp3) is 0.643. The highest BCUT2D eigenvalue weighted by Crippen LogP contribution is 2.39. The molecule has 2 aromatic heterocycles. The Balaban J connectivity index is 1.86. The van der Waals surface area contributed by atoms with Crippen LogP contribution in [0.15, 0.2) is 12.7 Å². The summed E-state index contributed by atoms with van der Waals surface area (Å²) in [6, 6.07) is -0.251. The topological polar surface area (TPSA) is 110 Å². The molecule has 1 aliphatic carbocycles. The number of aliphatic hydroxyl groups excluding tert-OH is 2. The summed E-state index contributed by atoms with van der Waals surface area (Å²) in [6.45, 7) is 4.29. The highest BCUT2D eigenvalue weighted by molar-refractivity contribution is 7.99. The standard InChI is InChI=1S/C14H21N5O2S/c1-7(2)4-22-9-3-8(11(20)12(9)21)19-6-18-10-13(15)16-5-17-14(10)19/h5-9,11-12,20-21H,3-4H2,1-2H3,(H2,15,16,17)/t8-,9+,11+,12-/m0/s1. The van der Waals surface area contributed by atoms with E-state index in [1.807, 2.05) is 0 Å². The van der Waals surface area contributed by atoms with Crippen LogP contribution in [0.2, 0.25) is 0 Å². The van der Waals surface area contributed by atoms with Crippen molar-refractivity contribution in [1.29, 1.82) is 0 Å². The zero-order valence-corrected chi connectivity index (χ0v) is 13.4. The molecule has 1 aliphatic rings. The van der Waals surface area contributed by atoms with Crippen LogP contribution in [-0.2, 0) is 0 Å². The lowest BCUT2D eigenvalue weighted by atomic mass is 10.2. The monoisotopic (exact) mass is 323 g/mol. The van der Waals surface area contributed by atoms with Crippen molar-refractivity contribution in [2.24, 2.45) is 5.92 Å². The highest BCUT2D eigenvalue weighted by atomic mass is 32.2. The maximum absolute atomic E-state index is 10.4. The number of aliphatic hydroxyl groups is 2. The van der Waals surface area contributed by atoms with E-state index in [-0.39, 0.29) is 11.3 Å². The average molecular weight is 323 g/mol. The number of nitrogen functional groups attached to an aromatic ring is 1. The van der Waals surface area contributed by atoms with Crippen molar-refractivity contribution in [3.8, 4) is 0 Å². The molecule has 0 unspecified atom stereocenters. The second kappa shape index (κ2) is 6.02. The third-order valence-corrected chi connectivity index (χ3v) is 5.75. The van der Waals surface area contributed by atoms with E-state index in [0.29, 0.717) is 29.3 Å². The Hall–Kier alpha value is -1.38. The van der Waals surface area contributed by atoms with E-state index >= 15 is 0 Å². The van der Waals surface area contributed by atoms with Gasteiger partial charge in [-0.25, -0.2) is 15.0 Å². The number of hydrogen-bond donors (Lipinski definition) is 3. The van der Waals surface area contributed by atoms with Gasteiger partial charge in [0.25, 0.3) is 0 Å². The maximum Gasteiger partial charge on any atom is 0.165 e. The van der Waals surface area contributed by atoms with Crippen LogP contribution in [0.3, 0.4) is 0 Å². The summed E-state index contributed by atoms with van der Waals surface area (Å²) >= 11 is 1.71. The van der Waals surface area contributed by atoms with Gasteiger partial charge in [-0.3, -0.25) is 0 Å². The number of nitrogens with two attached hydrogens (primary N) is 1. The number of rotatable bonds is 4. The Bertz CT molecular complexity index is 662. The first-order valence-electron chi connectivity index (χ1n) is 7.39. The van der Waals surface area contributed by atoms with Crippen LogP contribution in [0.25, 0.3) is 11.2 Å². The SMILES string of the molecule is CC(C)CS[C@@H]1C[C@H](n2cnc3c(N)ncnc32)[C@@H](O)[C@H]1O. The van der Waals surface area contributed by atoms with Gasteiger partial charge in [0, 0.05) is 5.25 Å². The van der Waals surface area contributed by atoms with Crippen LogP contribution in [0.5, 0.6) is 0 Å². The molecule has 120 valence electrons. The van der Waals surface area contributed by atoms with E-state index in [1.165, 1.54) is 6.33 Å². The molecule has 22 heavy (non-hydrogen) atoms. The molecule has 1 saturated carbocycles. The summed E-state index contributed by atoms with van der Waals surface area (Å²) in [7, 11) is 0. The van der Waals surface area contributed by atoms with Crippen molar-refractivity contribution in [2.45, 2.75) is 43.8 Å². The van der Waals surface area contributed by atoms with Crippen molar-refractivity contribution in [3.63, 3.8) is 0 Å². The normalized spacial score (nSPS) is 28.8. The van der Waals surface area contributed by atoms with Gasteiger partial charge in [-0.05, 0) is 18.1 Å². The smallest absolute Gasteiger partial charge is 0.165 e. The van der Waals surface area contributed by atoms with Gasteiger partial charge in [0.2, 0.25) is 0 Å². The van der Waals surface area contributed by atoms with Crippen molar-refractivity contribution in [3.05, 3.63) is 12.7 Å². The molecule has 0 spiro atoms. The first-order valence-corrected chi connectivity index (χ1v) is 8.44. The second-order valence-corrected chi connectivity index (χ2v) is 7.40. The summed E-state index contributed by atoms with van der Waals surface area (Å²) in [5.74, 6) is 1.83. The van der Waals surface area contributed by atoms with Gasteiger partial charge < -0.3 is 20.5 Å². The first kappa shape index (κ1) is 15.5. The lowest BCUT2D eigenvalue weighted by Gasteiger charge is -2.18. The molecule has 0 aliphatic heterocycles. The van der Waals surface area contributed by atoms with Gasteiger partial charge in [-0.2, -0.15) is 11.8 Å². The van der Waals surface area contributed by atoms with Crippen LogP contribution < -0.4 is 5.73 Å². The molecular formula is C14H21N5O2S. The van der Waals surface area contributed by atoms with Crippen molar-refractivity contribution >= 4 is 28.7 Å². The fourth-order valence-electron chi connectivity index (χ4n) is 2.84. The van der Waals surface area contributed by atoms with Crippen LogP contribution in [-0.4, -0.2) is 52.9 Å². The van der Waals surface area contributed by atoms with Gasteiger partial charge in [0.05, 0.1) is 18.5 Å². The molecular weight excluding hydrogens is 302 g/mol. The predicted octanol–water partition coefficient (Wildman–Crippen LogP) is 0.833. The molecule has 8 heteroatoms. The van der Waals surface area contributed by atoms with Crippen molar-refractivity contribution in [1.82, 2.24) is 19.5 Å². The molecule has 4 atom stereocenters.